The van der Waals surface area contributed by atoms with Gasteiger partial charge in [0.1, 0.15) is 17.3 Å². The van der Waals surface area contributed by atoms with Crippen molar-refractivity contribution in [2.45, 2.75) is 13.0 Å². The third kappa shape index (κ3) is 3.88. The maximum Gasteiger partial charge on any atom is 0.258 e. The largest absolute Gasteiger partial charge is 0.497 e. The molecule has 0 fully saturated rings. The topological polar surface area (TPSA) is 77.8 Å². The minimum Gasteiger partial charge on any atom is -0.497 e. The maximum atomic E-state index is 11.9. The van der Waals surface area contributed by atoms with Crippen molar-refractivity contribution in [2.24, 2.45) is 0 Å². The Morgan fingerprint density at radius 3 is 2.86 bits per heavy atom. The summed E-state index contributed by atoms with van der Waals surface area (Å²) in [5.41, 5.74) is 0.325. The molecule has 1 aromatic carbocycles. The van der Waals surface area contributed by atoms with Crippen molar-refractivity contribution in [1.82, 2.24) is 5.32 Å². The summed E-state index contributed by atoms with van der Waals surface area (Å²) in [4.78, 5) is 22.9. The van der Waals surface area contributed by atoms with Crippen LogP contribution in [0.15, 0.2) is 41.0 Å². The summed E-state index contributed by atoms with van der Waals surface area (Å²) in [5, 5.41) is 2.74. The van der Waals surface area contributed by atoms with E-state index in [1.165, 1.54) is 7.11 Å². The highest BCUT2D eigenvalue weighted by Gasteiger charge is 2.13. The van der Waals surface area contributed by atoms with Crippen LogP contribution < -0.4 is 14.8 Å². The van der Waals surface area contributed by atoms with Gasteiger partial charge in [0.15, 0.2) is 12.9 Å². The Morgan fingerprint density at radius 1 is 1.41 bits per heavy atom. The van der Waals surface area contributed by atoms with Gasteiger partial charge in [-0.3, -0.25) is 9.59 Å². The lowest BCUT2D eigenvalue weighted by Crippen LogP contribution is -2.31. The predicted octanol–water partition coefficient (Wildman–Crippen LogP) is 2.36. The predicted molar refractivity (Wildman–Crippen MR) is 79.1 cm³/mol. The molecule has 0 aliphatic carbocycles. The lowest BCUT2D eigenvalue weighted by Gasteiger charge is -2.13. The highest BCUT2D eigenvalue weighted by molar-refractivity contribution is 5.81. The minimum absolute atomic E-state index is 0.196. The van der Waals surface area contributed by atoms with Gasteiger partial charge in [-0.2, -0.15) is 0 Å². The van der Waals surface area contributed by atoms with Gasteiger partial charge in [-0.25, -0.2) is 0 Å². The zero-order valence-corrected chi connectivity index (χ0v) is 12.4. The number of hydrogen-bond donors (Lipinski definition) is 1. The molecular weight excluding hydrogens is 286 g/mol. The van der Waals surface area contributed by atoms with E-state index in [4.69, 9.17) is 13.9 Å². The first-order valence-corrected chi connectivity index (χ1v) is 6.73. The smallest absolute Gasteiger partial charge is 0.258 e. The average molecular weight is 303 g/mol. The van der Waals surface area contributed by atoms with Crippen molar-refractivity contribution >= 4 is 12.2 Å². The summed E-state index contributed by atoms with van der Waals surface area (Å²) in [5.74, 6) is 1.23. The van der Waals surface area contributed by atoms with Crippen LogP contribution >= 0.6 is 0 Å². The number of carbonyl (C=O) groups excluding carboxylic acids is 2. The summed E-state index contributed by atoms with van der Waals surface area (Å²) in [7, 11) is 1.51. The zero-order valence-electron chi connectivity index (χ0n) is 12.4. The number of amides is 1. The molecule has 0 saturated heterocycles. The average Bonchev–Trinajstić information content (AvgIpc) is 3.07. The van der Waals surface area contributed by atoms with E-state index in [0.29, 0.717) is 29.1 Å². The third-order valence-corrected chi connectivity index (χ3v) is 3.05. The second-order valence-corrected chi connectivity index (χ2v) is 4.61. The van der Waals surface area contributed by atoms with Crippen molar-refractivity contribution in [3.05, 3.63) is 47.9 Å². The van der Waals surface area contributed by atoms with Crippen LogP contribution in [0.3, 0.4) is 0 Å². The Bertz CT molecular complexity index is 636. The maximum absolute atomic E-state index is 11.9. The van der Waals surface area contributed by atoms with E-state index in [2.05, 4.69) is 5.32 Å². The fourth-order valence-corrected chi connectivity index (χ4v) is 1.91. The Morgan fingerprint density at radius 2 is 2.23 bits per heavy atom. The minimum atomic E-state index is -0.309. The van der Waals surface area contributed by atoms with Gasteiger partial charge in [0.05, 0.1) is 25.0 Å². The van der Waals surface area contributed by atoms with Gasteiger partial charge in [-0.05, 0) is 37.3 Å². The van der Waals surface area contributed by atoms with E-state index in [1.807, 2.05) is 0 Å². The highest BCUT2D eigenvalue weighted by atomic mass is 16.5. The summed E-state index contributed by atoms with van der Waals surface area (Å²) in [6.07, 6.45) is 2.20. The first kappa shape index (κ1) is 15.6. The van der Waals surface area contributed by atoms with Crippen molar-refractivity contribution in [3.8, 4) is 11.5 Å². The van der Waals surface area contributed by atoms with Gasteiger partial charge in [-0.15, -0.1) is 0 Å². The molecule has 1 atom stereocenters. The molecular formula is C16H17NO5. The monoisotopic (exact) mass is 303 g/mol. The molecule has 0 aliphatic heterocycles. The third-order valence-electron chi connectivity index (χ3n) is 3.05. The van der Waals surface area contributed by atoms with Crippen molar-refractivity contribution in [2.75, 3.05) is 13.7 Å². The van der Waals surface area contributed by atoms with Crippen LogP contribution in [0.4, 0.5) is 0 Å². The van der Waals surface area contributed by atoms with E-state index >= 15 is 0 Å². The Kier molecular flexibility index (Phi) is 5.19. The fraction of sp³-hybridized carbons (Fsp3) is 0.250. The normalized spacial score (nSPS) is 11.5. The van der Waals surface area contributed by atoms with E-state index in [-0.39, 0.29) is 18.6 Å². The van der Waals surface area contributed by atoms with Crippen molar-refractivity contribution in [3.63, 3.8) is 0 Å². The van der Waals surface area contributed by atoms with Gasteiger partial charge in [0, 0.05) is 0 Å². The molecule has 2 rings (SSSR count). The number of aldehydes is 1. The quantitative estimate of drug-likeness (QED) is 0.794. The molecule has 0 unspecified atom stereocenters. The molecule has 2 aromatic rings. The second kappa shape index (κ2) is 7.31. The molecule has 0 bridgehead atoms. The number of ether oxygens (including phenoxy) is 2. The van der Waals surface area contributed by atoms with Gasteiger partial charge in [0.25, 0.3) is 5.91 Å². The molecule has 6 heteroatoms. The molecule has 116 valence electrons. The van der Waals surface area contributed by atoms with Crippen molar-refractivity contribution < 1.29 is 23.5 Å². The molecule has 0 saturated carbocycles. The van der Waals surface area contributed by atoms with Crippen LogP contribution in [0.25, 0.3) is 0 Å². The Hall–Kier alpha value is -2.76. The van der Waals surface area contributed by atoms with E-state index < -0.39 is 0 Å². The molecule has 1 amide bonds. The first-order valence-electron chi connectivity index (χ1n) is 6.73. The summed E-state index contributed by atoms with van der Waals surface area (Å²) in [6, 6.07) is 8.07. The van der Waals surface area contributed by atoms with E-state index in [9.17, 15) is 9.59 Å². The highest BCUT2D eigenvalue weighted by Crippen LogP contribution is 2.22. The number of hydrogen-bond acceptors (Lipinski definition) is 5. The summed E-state index contributed by atoms with van der Waals surface area (Å²) < 4.78 is 15.6. The lowest BCUT2D eigenvalue weighted by atomic mass is 10.2. The van der Waals surface area contributed by atoms with Crippen LogP contribution in [0.1, 0.15) is 29.1 Å². The molecule has 1 aromatic heterocycles. The summed E-state index contributed by atoms with van der Waals surface area (Å²) >= 11 is 0. The number of carbonyl (C=O) groups is 2. The molecule has 6 nitrogen and oxygen atoms in total. The summed E-state index contributed by atoms with van der Waals surface area (Å²) in [6.45, 7) is 1.61. The number of rotatable bonds is 7. The molecule has 22 heavy (non-hydrogen) atoms. The molecule has 0 radical (unpaired) electrons. The van der Waals surface area contributed by atoms with Gasteiger partial charge in [-0.1, -0.05) is 0 Å². The van der Waals surface area contributed by atoms with Crippen LogP contribution in [-0.4, -0.2) is 25.9 Å². The van der Waals surface area contributed by atoms with Crippen molar-refractivity contribution in [1.29, 1.82) is 0 Å². The van der Waals surface area contributed by atoms with Crippen LogP contribution in [0, 0.1) is 0 Å². The van der Waals surface area contributed by atoms with E-state index in [0.717, 1.165) is 0 Å². The zero-order chi connectivity index (χ0) is 15.9. The second-order valence-electron chi connectivity index (χ2n) is 4.61. The number of furan rings is 1. The van der Waals surface area contributed by atoms with Crippen LogP contribution in [0.2, 0.25) is 0 Å². The lowest BCUT2D eigenvalue weighted by molar-refractivity contribution is -0.123. The van der Waals surface area contributed by atoms with Crippen LogP contribution in [0.5, 0.6) is 11.5 Å². The van der Waals surface area contributed by atoms with E-state index in [1.54, 1.807) is 43.5 Å². The Labute approximate surface area is 128 Å². The molecule has 1 heterocycles. The fourth-order valence-electron chi connectivity index (χ4n) is 1.91. The number of nitrogens with one attached hydrogen (secondary N) is 1. The number of methoxy groups -OCH3 is 1. The number of benzene rings is 1. The SMILES string of the molecule is COc1ccc(OCC(=O)N[C@@H](C)c2ccco2)c(C=O)c1. The molecule has 0 spiro atoms. The Balaban J connectivity index is 1.92. The van der Waals surface area contributed by atoms with Crippen LogP contribution in [-0.2, 0) is 4.79 Å². The van der Waals surface area contributed by atoms with Gasteiger partial charge in [0.2, 0.25) is 0 Å². The standard InChI is InChI=1S/C16H17NO5/c1-11(14-4-3-7-21-14)17-16(19)10-22-15-6-5-13(20-2)8-12(15)9-18/h3-9,11H,10H2,1-2H3,(H,17,19)/t11-/m0/s1. The van der Waals surface area contributed by atoms with Gasteiger partial charge < -0.3 is 19.2 Å². The molecule has 1 N–H and O–H groups in total. The first-order chi connectivity index (χ1) is 10.6. The molecule has 0 aliphatic rings. The van der Waals surface area contributed by atoms with Gasteiger partial charge >= 0.3 is 0 Å².